The third-order valence-electron chi connectivity index (χ3n) is 8.28. The monoisotopic (exact) mass is 563 g/mol. The van der Waals surface area contributed by atoms with E-state index in [0.717, 1.165) is 29.8 Å². The number of thioether (sulfide) groups is 1. The van der Waals surface area contributed by atoms with Crippen molar-refractivity contribution in [3.8, 4) is 5.75 Å². The van der Waals surface area contributed by atoms with Gasteiger partial charge in [0.05, 0.1) is 21.2 Å². The second-order valence-electron chi connectivity index (χ2n) is 10.7. The number of benzene rings is 2. The number of aliphatic carboxylic acids is 1. The van der Waals surface area contributed by atoms with Gasteiger partial charge in [0.15, 0.2) is 9.84 Å². The molecule has 1 heterocycles. The number of carbonyl (C=O) groups is 1. The zero-order chi connectivity index (χ0) is 27.7. The van der Waals surface area contributed by atoms with Crippen LogP contribution in [-0.2, 0) is 14.6 Å². The molecular weight excluding hydrogens is 525 g/mol. The minimum atomic E-state index is -3.73. The molecule has 0 radical (unpaired) electrons. The van der Waals surface area contributed by atoms with Crippen LogP contribution in [0.3, 0.4) is 0 Å². The quantitative estimate of drug-likeness (QED) is 0.292. The number of halogens is 1. The molecule has 2 aliphatic rings. The molecule has 1 aliphatic heterocycles. The standard InChI is InChI=1S/C29H38FNO5S2/c1-5-8-13-28(7-3)18-31(21-11-9-20(30)10-12-21)22-16-24(37-4)23(17-25(22)38(34,35)19-28)36-26(6-2)29(14-15-29)27(32)33/h9-12,16-17,26H,5-8,13-15,18-19H2,1-4H3,(H,32,33)/t26?,28-/m0/s1. The molecule has 0 aromatic heterocycles. The van der Waals surface area contributed by atoms with Gasteiger partial charge in [-0.2, -0.15) is 0 Å². The number of carboxylic acids is 1. The molecule has 6 nitrogen and oxygen atoms in total. The summed E-state index contributed by atoms with van der Waals surface area (Å²) < 4.78 is 48.3. The van der Waals surface area contributed by atoms with E-state index in [1.165, 1.54) is 23.9 Å². The summed E-state index contributed by atoms with van der Waals surface area (Å²) in [5, 5.41) is 9.84. The highest BCUT2D eigenvalue weighted by Gasteiger charge is 2.57. The van der Waals surface area contributed by atoms with Gasteiger partial charge in [-0.25, -0.2) is 12.8 Å². The second kappa shape index (κ2) is 11.1. The van der Waals surface area contributed by atoms with Gasteiger partial charge in [0.1, 0.15) is 23.1 Å². The van der Waals surface area contributed by atoms with Crippen LogP contribution >= 0.6 is 11.8 Å². The number of nitrogens with zero attached hydrogens (tertiary/aromatic N) is 1. The molecule has 4 rings (SSSR count). The molecule has 0 spiro atoms. The van der Waals surface area contributed by atoms with Crippen molar-refractivity contribution in [1.29, 1.82) is 0 Å². The Bertz CT molecular complexity index is 1280. The molecule has 208 valence electrons. The Morgan fingerprint density at radius 3 is 2.39 bits per heavy atom. The van der Waals surface area contributed by atoms with E-state index < -0.39 is 32.7 Å². The smallest absolute Gasteiger partial charge is 0.313 e. The molecule has 0 amide bonds. The molecular formula is C29H38FNO5S2. The van der Waals surface area contributed by atoms with Crippen LogP contribution in [0.2, 0.25) is 0 Å². The summed E-state index contributed by atoms with van der Waals surface area (Å²) in [4.78, 5) is 14.9. The minimum absolute atomic E-state index is 0.00944. The fraction of sp³-hybridized carbons (Fsp3) is 0.552. The van der Waals surface area contributed by atoms with E-state index in [1.54, 1.807) is 18.2 Å². The lowest BCUT2D eigenvalue weighted by Crippen LogP contribution is -2.37. The topological polar surface area (TPSA) is 83.9 Å². The van der Waals surface area contributed by atoms with E-state index in [-0.39, 0.29) is 16.5 Å². The maximum absolute atomic E-state index is 14.0. The van der Waals surface area contributed by atoms with E-state index in [9.17, 15) is 22.7 Å². The number of hydrogen-bond acceptors (Lipinski definition) is 6. The molecule has 2 aromatic carbocycles. The lowest BCUT2D eigenvalue weighted by Gasteiger charge is -2.36. The minimum Gasteiger partial charge on any atom is -0.488 e. The van der Waals surface area contributed by atoms with Gasteiger partial charge >= 0.3 is 5.97 Å². The normalized spacial score (nSPS) is 22.3. The van der Waals surface area contributed by atoms with Gasteiger partial charge in [0, 0.05) is 23.7 Å². The van der Waals surface area contributed by atoms with Gasteiger partial charge in [-0.15, -0.1) is 11.8 Å². The Balaban J connectivity index is 1.88. The number of hydrogen-bond donors (Lipinski definition) is 1. The largest absolute Gasteiger partial charge is 0.488 e. The second-order valence-corrected chi connectivity index (χ2v) is 13.5. The number of sulfone groups is 1. The predicted molar refractivity (Wildman–Crippen MR) is 150 cm³/mol. The van der Waals surface area contributed by atoms with Crippen LogP contribution in [-0.4, -0.2) is 44.2 Å². The summed E-state index contributed by atoms with van der Waals surface area (Å²) in [6, 6.07) is 9.62. The summed E-state index contributed by atoms with van der Waals surface area (Å²) in [7, 11) is -3.73. The number of carboxylic acid groups (broad SMARTS) is 1. The summed E-state index contributed by atoms with van der Waals surface area (Å²) >= 11 is 1.43. The Morgan fingerprint density at radius 1 is 1.18 bits per heavy atom. The van der Waals surface area contributed by atoms with Crippen LogP contribution in [0.15, 0.2) is 46.2 Å². The first-order valence-corrected chi connectivity index (χ1v) is 16.3. The van der Waals surface area contributed by atoms with Gasteiger partial charge in [-0.05, 0) is 68.7 Å². The Hall–Kier alpha value is -2.26. The van der Waals surface area contributed by atoms with Crippen molar-refractivity contribution >= 4 is 38.9 Å². The fourth-order valence-electron chi connectivity index (χ4n) is 5.68. The average molecular weight is 564 g/mol. The van der Waals surface area contributed by atoms with Crippen molar-refractivity contribution < 1.29 is 27.4 Å². The zero-order valence-electron chi connectivity index (χ0n) is 22.6. The highest BCUT2D eigenvalue weighted by molar-refractivity contribution is 7.98. The Labute approximate surface area is 229 Å². The molecule has 1 N–H and O–H groups in total. The lowest BCUT2D eigenvalue weighted by atomic mass is 9.81. The highest BCUT2D eigenvalue weighted by atomic mass is 32.2. The van der Waals surface area contributed by atoms with Gasteiger partial charge in [0.25, 0.3) is 0 Å². The summed E-state index contributed by atoms with van der Waals surface area (Å²) in [6.07, 6.45) is 6.27. The Kier molecular flexibility index (Phi) is 8.38. The van der Waals surface area contributed by atoms with Crippen LogP contribution < -0.4 is 9.64 Å². The van der Waals surface area contributed by atoms with Crippen LogP contribution in [0.25, 0.3) is 0 Å². The fourth-order valence-corrected chi connectivity index (χ4v) is 8.40. The van der Waals surface area contributed by atoms with Crippen molar-refractivity contribution in [1.82, 2.24) is 0 Å². The van der Waals surface area contributed by atoms with Crippen LogP contribution in [0.5, 0.6) is 5.75 Å². The predicted octanol–water partition coefficient (Wildman–Crippen LogP) is 7.08. The van der Waals surface area contributed by atoms with Crippen molar-refractivity contribution in [2.24, 2.45) is 10.8 Å². The molecule has 38 heavy (non-hydrogen) atoms. The van der Waals surface area contributed by atoms with Crippen LogP contribution in [0.1, 0.15) is 65.7 Å². The van der Waals surface area contributed by atoms with Crippen molar-refractivity contribution in [3.05, 3.63) is 42.2 Å². The number of anilines is 2. The first-order valence-electron chi connectivity index (χ1n) is 13.4. The third kappa shape index (κ3) is 5.41. The van der Waals surface area contributed by atoms with E-state index in [0.29, 0.717) is 43.7 Å². The van der Waals surface area contributed by atoms with Crippen LogP contribution in [0, 0.1) is 16.6 Å². The van der Waals surface area contributed by atoms with Crippen molar-refractivity contribution in [3.63, 3.8) is 0 Å². The van der Waals surface area contributed by atoms with Gasteiger partial charge in [-0.3, -0.25) is 4.79 Å². The molecule has 2 atom stereocenters. The van der Waals surface area contributed by atoms with Crippen LogP contribution in [0.4, 0.5) is 15.8 Å². The number of rotatable bonds is 11. The number of ether oxygens (including phenoxy) is 1. The highest BCUT2D eigenvalue weighted by Crippen LogP contribution is 2.53. The molecule has 1 aliphatic carbocycles. The van der Waals surface area contributed by atoms with E-state index >= 15 is 0 Å². The van der Waals surface area contributed by atoms with E-state index in [4.69, 9.17) is 4.74 Å². The zero-order valence-corrected chi connectivity index (χ0v) is 24.3. The van der Waals surface area contributed by atoms with E-state index in [1.807, 2.05) is 31.1 Å². The summed E-state index contributed by atoms with van der Waals surface area (Å²) in [5.74, 6) is -0.815. The van der Waals surface area contributed by atoms with Crippen molar-refractivity contribution in [2.75, 3.05) is 23.5 Å². The molecule has 0 saturated heterocycles. The number of unbranched alkanes of at least 4 members (excludes halogenated alkanes) is 1. The van der Waals surface area contributed by atoms with Gasteiger partial charge in [-0.1, -0.05) is 33.6 Å². The van der Waals surface area contributed by atoms with Gasteiger partial charge < -0.3 is 14.7 Å². The lowest BCUT2D eigenvalue weighted by molar-refractivity contribution is -0.147. The first-order chi connectivity index (χ1) is 18.0. The molecule has 1 unspecified atom stereocenters. The molecule has 0 bridgehead atoms. The molecule has 2 aromatic rings. The van der Waals surface area contributed by atoms with E-state index in [2.05, 4.69) is 6.92 Å². The van der Waals surface area contributed by atoms with Crippen molar-refractivity contribution in [2.45, 2.75) is 81.6 Å². The molecule has 1 fully saturated rings. The molecule has 9 heteroatoms. The van der Waals surface area contributed by atoms with Gasteiger partial charge in [0.2, 0.25) is 0 Å². The summed E-state index contributed by atoms with van der Waals surface area (Å²) in [5.41, 5.74) is -0.120. The third-order valence-corrected chi connectivity index (χ3v) is 11.0. The first kappa shape index (κ1) is 28.7. The maximum Gasteiger partial charge on any atom is 0.313 e. The number of fused-ring (bicyclic) bond motifs is 1. The summed E-state index contributed by atoms with van der Waals surface area (Å²) in [6.45, 7) is 6.53. The average Bonchev–Trinajstić information content (AvgIpc) is 3.71. The SMILES string of the molecule is CCCC[C@@]1(CC)CN(c2ccc(F)cc2)c2cc(SC)c(OC(CC)C3(C(=O)O)CC3)cc2S(=O)(=O)C1. The molecule has 1 saturated carbocycles. The Morgan fingerprint density at radius 2 is 1.87 bits per heavy atom. The maximum atomic E-state index is 14.0.